The van der Waals surface area contributed by atoms with Crippen molar-refractivity contribution in [3.05, 3.63) is 53.7 Å². The van der Waals surface area contributed by atoms with Crippen LogP contribution in [0.1, 0.15) is 75.8 Å². The number of pyridine rings is 1. The first-order valence-corrected chi connectivity index (χ1v) is 12.4. The molecule has 1 aromatic heterocycles. The van der Waals surface area contributed by atoms with Gasteiger partial charge in [-0.05, 0) is 48.6 Å². The van der Waals surface area contributed by atoms with Gasteiger partial charge in [-0.2, -0.15) is 0 Å². The molecule has 186 valence electrons. The Hall–Kier alpha value is -3.09. The number of amides is 2. The maximum atomic E-state index is 12.8. The van der Waals surface area contributed by atoms with E-state index in [4.69, 9.17) is 9.84 Å². The number of carbonyl (C=O) groups is 2. The maximum absolute atomic E-state index is 12.8. The molecule has 0 aliphatic carbocycles. The summed E-state index contributed by atoms with van der Waals surface area (Å²) in [6.07, 6.45) is 8.43. The fourth-order valence-corrected chi connectivity index (χ4v) is 3.77. The Labute approximate surface area is 203 Å². The van der Waals surface area contributed by atoms with Crippen molar-refractivity contribution < 1.29 is 19.4 Å². The topological polar surface area (TPSA) is 91.8 Å². The molecule has 0 aliphatic heterocycles. The van der Waals surface area contributed by atoms with Crippen molar-refractivity contribution in [2.45, 2.75) is 71.1 Å². The number of carboxylic acid groups (broad SMARTS) is 1. The molecule has 2 aromatic rings. The molecule has 0 saturated heterocycles. The molecule has 7 heteroatoms. The van der Waals surface area contributed by atoms with E-state index in [2.05, 4.69) is 24.1 Å². The van der Waals surface area contributed by atoms with Crippen LogP contribution in [0.15, 0.2) is 42.6 Å². The number of aliphatic carboxylic acids is 1. The van der Waals surface area contributed by atoms with E-state index in [-0.39, 0.29) is 18.4 Å². The number of aromatic nitrogens is 1. The number of hydrogen-bond acceptors (Lipinski definition) is 4. The third kappa shape index (κ3) is 9.04. The highest BCUT2D eigenvalue weighted by atomic mass is 16.5. The summed E-state index contributed by atoms with van der Waals surface area (Å²) in [4.78, 5) is 29.6. The van der Waals surface area contributed by atoms with Gasteiger partial charge in [-0.3, -0.25) is 9.69 Å². The normalized spacial score (nSPS) is 11.6. The number of benzene rings is 1. The zero-order chi connectivity index (χ0) is 24.8. The van der Waals surface area contributed by atoms with Gasteiger partial charge in [0.2, 0.25) is 0 Å². The van der Waals surface area contributed by atoms with E-state index >= 15 is 0 Å². The standard InChI is InChI=1S/C27H39N3O4/c1-4-6-8-11-22(20-29-27(33)30(3)25-12-9-10-17-28-25)23-15-13-21(14-16-26(31)32)19-24(23)34-18-7-5-2/h9-10,12-13,15,17,19,22H,4-8,11,14,16,18,20H2,1-3H3,(H,29,33)(H,31,32). The maximum Gasteiger partial charge on any atom is 0.322 e. The number of anilines is 1. The van der Waals surface area contributed by atoms with Crippen molar-refractivity contribution in [2.75, 3.05) is 25.1 Å². The van der Waals surface area contributed by atoms with Crippen LogP contribution in [0.3, 0.4) is 0 Å². The van der Waals surface area contributed by atoms with Gasteiger partial charge in [-0.1, -0.05) is 57.7 Å². The van der Waals surface area contributed by atoms with Crippen LogP contribution in [0.2, 0.25) is 0 Å². The lowest BCUT2D eigenvalue weighted by molar-refractivity contribution is -0.136. The monoisotopic (exact) mass is 469 g/mol. The number of carboxylic acids is 1. The summed E-state index contributed by atoms with van der Waals surface area (Å²) in [7, 11) is 1.71. The highest BCUT2D eigenvalue weighted by Crippen LogP contribution is 2.32. The number of nitrogens with zero attached hydrogens (tertiary/aromatic N) is 2. The van der Waals surface area contributed by atoms with Crippen LogP contribution in [0.4, 0.5) is 10.6 Å². The largest absolute Gasteiger partial charge is 0.493 e. The lowest BCUT2D eigenvalue weighted by atomic mass is 9.91. The molecule has 34 heavy (non-hydrogen) atoms. The smallest absolute Gasteiger partial charge is 0.322 e. The van der Waals surface area contributed by atoms with E-state index in [9.17, 15) is 9.59 Å². The number of urea groups is 1. The Morgan fingerprint density at radius 1 is 1.12 bits per heavy atom. The number of carbonyl (C=O) groups excluding carboxylic acids is 1. The van der Waals surface area contributed by atoms with Crippen LogP contribution in [0.5, 0.6) is 5.75 Å². The molecule has 0 saturated carbocycles. The summed E-state index contributed by atoms with van der Waals surface area (Å²) in [6, 6.07) is 11.3. The molecule has 1 unspecified atom stereocenters. The van der Waals surface area contributed by atoms with Crippen molar-refractivity contribution in [1.82, 2.24) is 10.3 Å². The first kappa shape index (κ1) is 27.2. The summed E-state index contributed by atoms with van der Waals surface area (Å²) >= 11 is 0. The first-order chi connectivity index (χ1) is 16.5. The molecule has 1 atom stereocenters. The Kier molecular flexibility index (Phi) is 11.9. The molecule has 1 heterocycles. The summed E-state index contributed by atoms with van der Waals surface area (Å²) in [6.45, 7) is 5.39. The van der Waals surface area contributed by atoms with Crippen molar-refractivity contribution in [2.24, 2.45) is 0 Å². The van der Waals surface area contributed by atoms with Gasteiger partial charge < -0.3 is 15.2 Å². The van der Waals surface area contributed by atoms with E-state index in [0.717, 1.165) is 55.4 Å². The van der Waals surface area contributed by atoms with Gasteiger partial charge in [0.15, 0.2) is 0 Å². The average Bonchev–Trinajstić information content (AvgIpc) is 2.85. The first-order valence-electron chi connectivity index (χ1n) is 12.4. The van der Waals surface area contributed by atoms with Crippen molar-refractivity contribution in [3.63, 3.8) is 0 Å². The lowest BCUT2D eigenvalue weighted by Gasteiger charge is -2.24. The molecule has 7 nitrogen and oxygen atoms in total. The van der Waals surface area contributed by atoms with E-state index in [1.54, 1.807) is 19.3 Å². The summed E-state index contributed by atoms with van der Waals surface area (Å²) in [5.74, 6) is 0.673. The number of rotatable bonds is 15. The van der Waals surface area contributed by atoms with Crippen LogP contribution < -0.4 is 15.0 Å². The van der Waals surface area contributed by atoms with Gasteiger partial charge in [0.1, 0.15) is 11.6 Å². The predicted molar refractivity (Wildman–Crippen MR) is 136 cm³/mol. The van der Waals surface area contributed by atoms with E-state index in [0.29, 0.717) is 25.4 Å². The SMILES string of the molecule is CCCCCC(CNC(=O)N(C)c1ccccn1)c1ccc(CCC(=O)O)cc1OCCCC. The number of nitrogens with one attached hydrogen (secondary N) is 1. The van der Waals surface area contributed by atoms with Crippen molar-refractivity contribution in [1.29, 1.82) is 0 Å². The van der Waals surface area contributed by atoms with Gasteiger partial charge in [-0.25, -0.2) is 9.78 Å². The number of aryl methyl sites for hydroxylation is 1. The van der Waals surface area contributed by atoms with Crippen LogP contribution in [0.25, 0.3) is 0 Å². The Balaban J connectivity index is 2.20. The van der Waals surface area contributed by atoms with E-state index in [1.165, 1.54) is 4.90 Å². The summed E-state index contributed by atoms with van der Waals surface area (Å²) < 4.78 is 6.16. The lowest BCUT2D eigenvalue weighted by Crippen LogP contribution is -2.39. The van der Waals surface area contributed by atoms with Crippen molar-refractivity contribution in [3.8, 4) is 5.75 Å². The molecular weight excluding hydrogens is 430 g/mol. The molecular formula is C27H39N3O4. The summed E-state index contributed by atoms with van der Waals surface area (Å²) in [5.41, 5.74) is 2.01. The second-order valence-corrected chi connectivity index (χ2v) is 8.59. The third-order valence-corrected chi connectivity index (χ3v) is 5.85. The van der Waals surface area contributed by atoms with E-state index in [1.807, 2.05) is 30.3 Å². The van der Waals surface area contributed by atoms with Crippen LogP contribution in [0, 0.1) is 0 Å². The fraction of sp³-hybridized carbons (Fsp3) is 0.519. The Morgan fingerprint density at radius 3 is 2.59 bits per heavy atom. The molecule has 0 fully saturated rings. The predicted octanol–water partition coefficient (Wildman–Crippen LogP) is 5.79. The third-order valence-electron chi connectivity index (χ3n) is 5.85. The molecule has 0 bridgehead atoms. The zero-order valence-corrected chi connectivity index (χ0v) is 20.8. The number of unbranched alkanes of at least 4 members (excludes halogenated alkanes) is 3. The molecule has 2 amide bonds. The quantitative estimate of drug-likeness (QED) is 0.322. The molecule has 0 spiro atoms. The number of hydrogen-bond donors (Lipinski definition) is 2. The highest BCUT2D eigenvalue weighted by Gasteiger charge is 2.20. The molecule has 0 aliphatic rings. The molecule has 2 rings (SSSR count). The number of ether oxygens (including phenoxy) is 1. The van der Waals surface area contributed by atoms with Crippen LogP contribution in [-0.4, -0.2) is 42.3 Å². The molecule has 1 aromatic carbocycles. The second kappa shape index (κ2) is 14.9. The average molecular weight is 470 g/mol. The minimum Gasteiger partial charge on any atom is -0.493 e. The van der Waals surface area contributed by atoms with Gasteiger partial charge in [0, 0.05) is 32.1 Å². The van der Waals surface area contributed by atoms with Crippen molar-refractivity contribution >= 4 is 17.8 Å². The highest BCUT2D eigenvalue weighted by molar-refractivity contribution is 5.90. The second-order valence-electron chi connectivity index (χ2n) is 8.59. The Bertz CT molecular complexity index is 889. The minimum absolute atomic E-state index is 0.0869. The summed E-state index contributed by atoms with van der Waals surface area (Å²) in [5, 5.41) is 12.1. The van der Waals surface area contributed by atoms with Gasteiger partial charge in [0.25, 0.3) is 0 Å². The fourth-order valence-electron chi connectivity index (χ4n) is 3.77. The van der Waals surface area contributed by atoms with Gasteiger partial charge >= 0.3 is 12.0 Å². The Morgan fingerprint density at radius 2 is 1.91 bits per heavy atom. The van der Waals surface area contributed by atoms with Gasteiger partial charge in [0.05, 0.1) is 6.61 Å². The van der Waals surface area contributed by atoms with Crippen LogP contribution in [-0.2, 0) is 11.2 Å². The molecule has 0 radical (unpaired) electrons. The zero-order valence-electron chi connectivity index (χ0n) is 20.8. The van der Waals surface area contributed by atoms with E-state index < -0.39 is 5.97 Å². The van der Waals surface area contributed by atoms with Crippen LogP contribution >= 0.6 is 0 Å². The van der Waals surface area contributed by atoms with Gasteiger partial charge in [-0.15, -0.1) is 0 Å². The minimum atomic E-state index is -0.810. The molecule has 2 N–H and O–H groups in total.